The maximum absolute atomic E-state index is 5.68. The molecule has 0 aliphatic carbocycles. The van der Waals surface area contributed by atoms with Crippen molar-refractivity contribution in [3.8, 4) is 0 Å². The van der Waals surface area contributed by atoms with E-state index in [2.05, 4.69) is 41.7 Å². The van der Waals surface area contributed by atoms with Crippen molar-refractivity contribution in [1.82, 2.24) is 14.7 Å². The van der Waals surface area contributed by atoms with E-state index >= 15 is 0 Å². The molecule has 4 nitrogen and oxygen atoms in total. The molecule has 0 spiro atoms. The molecule has 0 amide bonds. The van der Waals surface area contributed by atoms with E-state index in [1.54, 1.807) is 0 Å². The van der Waals surface area contributed by atoms with Crippen LogP contribution >= 0.6 is 0 Å². The lowest BCUT2D eigenvalue weighted by atomic mass is 10.1. The molecular formula is C15H23N3O. The Morgan fingerprint density at radius 2 is 2.16 bits per heavy atom. The molecule has 0 saturated carbocycles. The second kappa shape index (κ2) is 5.72. The van der Waals surface area contributed by atoms with E-state index in [1.165, 1.54) is 5.69 Å². The van der Waals surface area contributed by atoms with Crippen LogP contribution in [0.1, 0.15) is 32.2 Å². The highest BCUT2D eigenvalue weighted by molar-refractivity contribution is 5.42. The van der Waals surface area contributed by atoms with Gasteiger partial charge in [-0.2, -0.15) is 0 Å². The third kappa shape index (κ3) is 3.33. The van der Waals surface area contributed by atoms with Gasteiger partial charge in [-0.3, -0.25) is 0 Å². The van der Waals surface area contributed by atoms with Crippen molar-refractivity contribution >= 4 is 5.65 Å². The van der Waals surface area contributed by atoms with Crippen molar-refractivity contribution in [3.05, 3.63) is 35.8 Å². The molecule has 2 aromatic rings. The van der Waals surface area contributed by atoms with Crippen molar-refractivity contribution < 1.29 is 4.74 Å². The fourth-order valence-electron chi connectivity index (χ4n) is 2.30. The van der Waals surface area contributed by atoms with E-state index in [4.69, 9.17) is 4.74 Å². The Morgan fingerprint density at radius 3 is 2.89 bits per heavy atom. The molecular weight excluding hydrogens is 238 g/mol. The van der Waals surface area contributed by atoms with E-state index in [0.717, 1.165) is 31.0 Å². The van der Waals surface area contributed by atoms with Gasteiger partial charge in [-0.1, -0.05) is 6.07 Å². The Balaban J connectivity index is 2.04. The molecule has 1 N–H and O–H groups in total. The highest BCUT2D eigenvalue weighted by Gasteiger charge is 2.17. The Hall–Kier alpha value is -1.39. The van der Waals surface area contributed by atoms with Gasteiger partial charge in [0.2, 0.25) is 0 Å². The summed E-state index contributed by atoms with van der Waals surface area (Å²) in [4.78, 5) is 4.56. The first-order chi connectivity index (χ1) is 9.03. The average molecular weight is 261 g/mol. The van der Waals surface area contributed by atoms with Crippen LogP contribution in [0.3, 0.4) is 0 Å². The van der Waals surface area contributed by atoms with Crippen LogP contribution < -0.4 is 5.32 Å². The van der Waals surface area contributed by atoms with E-state index in [-0.39, 0.29) is 5.60 Å². The monoisotopic (exact) mass is 261 g/mol. The number of hydrogen-bond acceptors (Lipinski definition) is 3. The highest BCUT2D eigenvalue weighted by atomic mass is 16.5. The zero-order valence-corrected chi connectivity index (χ0v) is 12.2. The quantitative estimate of drug-likeness (QED) is 0.868. The molecule has 0 aliphatic heterocycles. The van der Waals surface area contributed by atoms with Crippen LogP contribution in [0.2, 0.25) is 0 Å². The van der Waals surface area contributed by atoms with Crippen molar-refractivity contribution in [2.75, 3.05) is 13.2 Å². The number of nitrogens with one attached hydrogen (secondary N) is 1. The van der Waals surface area contributed by atoms with Gasteiger partial charge in [0.1, 0.15) is 5.65 Å². The maximum Gasteiger partial charge on any atom is 0.137 e. The zero-order valence-electron chi connectivity index (χ0n) is 12.2. The molecule has 19 heavy (non-hydrogen) atoms. The van der Waals surface area contributed by atoms with E-state index in [0.29, 0.717) is 0 Å². The number of hydrogen-bond donors (Lipinski definition) is 1. The van der Waals surface area contributed by atoms with E-state index in [9.17, 15) is 0 Å². The van der Waals surface area contributed by atoms with Crippen molar-refractivity contribution in [3.63, 3.8) is 0 Å². The largest absolute Gasteiger partial charge is 0.375 e. The minimum atomic E-state index is -0.136. The highest BCUT2D eigenvalue weighted by Crippen LogP contribution is 2.12. The molecule has 2 aromatic heterocycles. The van der Waals surface area contributed by atoms with E-state index < -0.39 is 0 Å². The molecule has 0 saturated heterocycles. The van der Waals surface area contributed by atoms with Gasteiger partial charge in [0, 0.05) is 25.9 Å². The summed E-state index contributed by atoms with van der Waals surface area (Å²) in [6.45, 7) is 10.6. The average Bonchev–Trinajstić information content (AvgIpc) is 2.66. The molecule has 2 rings (SSSR count). The number of rotatable bonds is 6. The molecule has 0 atom stereocenters. The number of nitrogens with zero attached hydrogens (tertiary/aromatic N) is 2. The first-order valence-corrected chi connectivity index (χ1v) is 6.81. The standard InChI is InChI=1S/C15H23N3O/c1-5-19-15(3,4)11-16-10-13-12(2)17-14-8-6-7-9-18(13)14/h6-9,16H,5,10-11H2,1-4H3. The van der Waals surface area contributed by atoms with Gasteiger partial charge in [0.05, 0.1) is 17.0 Å². The smallest absolute Gasteiger partial charge is 0.137 e. The van der Waals surface area contributed by atoms with Crippen molar-refractivity contribution in [1.29, 1.82) is 0 Å². The fraction of sp³-hybridized carbons (Fsp3) is 0.533. The second-order valence-corrected chi connectivity index (χ2v) is 5.37. The number of pyridine rings is 1. The molecule has 0 bridgehead atoms. The van der Waals surface area contributed by atoms with Crippen LogP contribution in [0.25, 0.3) is 5.65 Å². The molecule has 0 unspecified atom stereocenters. The summed E-state index contributed by atoms with van der Waals surface area (Å²) in [5.74, 6) is 0. The maximum atomic E-state index is 5.68. The lowest BCUT2D eigenvalue weighted by Gasteiger charge is -2.25. The van der Waals surface area contributed by atoms with Crippen molar-refractivity contribution in [2.24, 2.45) is 0 Å². The van der Waals surface area contributed by atoms with Gasteiger partial charge >= 0.3 is 0 Å². The van der Waals surface area contributed by atoms with Crippen LogP contribution in [0.4, 0.5) is 0 Å². The number of imidazole rings is 1. The topological polar surface area (TPSA) is 38.6 Å². The fourth-order valence-corrected chi connectivity index (χ4v) is 2.30. The summed E-state index contributed by atoms with van der Waals surface area (Å²) in [5.41, 5.74) is 3.15. The lowest BCUT2D eigenvalue weighted by Crippen LogP contribution is -2.37. The minimum Gasteiger partial charge on any atom is -0.375 e. The van der Waals surface area contributed by atoms with Gasteiger partial charge < -0.3 is 14.5 Å². The predicted molar refractivity (Wildman–Crippen MR) is 77.3 cm³/mol. The van der Waals surface area contributed by atoms with Crippen LogP contribution in [0.15, 0.2) is 24.4 Å². The second-order valence-electron chi connectivity index (χ2n) is 5.37. The molecule has 104 valence electrons. The van der Waals surface area contributed by atoms with Gasteiger partial charge in [0.15, 0.2) is 0 Å². The molecule has 0 aliphatic rings. The Labute approximate surface area is 114 Å². The SMILES string of the molecule is CCOC(C)(C)CNCc1c(C)nc2ccccn12. The lowest BCUT2D eigenvalue weighted by molar-refractivity contribution is -0.00903. The third-order valence-corrected chi connectivity index (χ3v) is 3.21. The van der Waals surface area contributed by atoms with Gasteiger partial charge in [0.25, 0.3) is 0 Å². The van der Waals surface area contributed by atoms with Crippen LogP contribution in [-0.2, 0) is 11.3 Å². The van der Waals surface area contributed by atoms with Gasteiger partial charge in [-0.15, -0.1) is 0 Å². The molecule has 0 fully saturated rings. The molecule has 0 aromatic carbocycles. The number of fused-ring (bicyclic) bond motifs is 1. The summed E-state index contributed by atoms with van der Waals surface area (Å²) < 4.78 is 7.82. The third-order valence-electron chi connectivity index (χ3n) is 3.21. The van der Waals surface area contributed by atoms with Gasteiger partial charge in [-0.25, -0.2) is 4.98 Å². The summed E-state index contributed by atoms with van der Waals surface area (Å²) in [6.07, 6.45) is 2.06. The number of aryl methyl sites for hydroxylation is 1. The zero-order chi connectivity index (χ0) is 13.9. The Kier molecular flexibility index (Phi) is 4.22. The predicted octanol–water partition coefficient (Wildman–Crippen LogP) is 2.55. The van der Waals surface area contributed by atoms with Crippen LogP contribution in [0.5, 0.6) is 0 Å². The number of ether oxygens (including phenoxy) is 1. The van der Waals surface area contributed by atoms with Crippen LogP contribution in [0, 0.1) is 6.92 Å². The summed E-state index contributed by atoms with van der Waals surface area (Å²) in [5, 5.41) is 3.46. The Bertz CT molecular complexity index is 545. The van der Waals surface area contributed by atoms with Crippen LogP contribution in [-0.4, -0.2) is 28.1 Å². The normalized spacial score (nSPS) is 12.2. The van der Waals surface area contributed by atoms with Crippen molar-refractivity contribution in [2.45, 2.75) is 39.8 Å². The molecule has 0 radical (unpaired) electrons. The van der Waals surface area contributed by atoms with E-state index in [1.807, 2.05) is 25.1 Å². The number of aromatic nitrogens is 2. The summed E-state index contributed by atoms with van der Waals surface area (Å²) in [7, 11) is 0. The first kappa shape index (κ1) is 14.0. The van der Waals surface area contributed by atoms with Gasteiger partial charge in [-0.05, 0) is 39.8 Å². The summed E-state index contributed by atoms with van der Waals surface area (Å²) >= 11 is 0. The summed E-state index contributed by atoms with van der Waals surface area (Å²) in [6, 6.07) is 6.07. The molecule has 2 heterocycles. The first-order valence-electron chi connectivity index (χ1n) is 6.81. The minimum absolute atomic E-state index is 0.136. The molecule has 4 heteroatoms. The Morgan fingerprint density at radius 1 is 1.37 bits per heavy atom.